The maximum absolute atomic E-state index is 5.31. The standard InChI is InChI=1S/C55H33N5.C45H27N5/c1-2-8-34(9-3-1)48-27-22-37-16-17-38-23-29-50(60-55(38)54(37)59-48)46-25-24-43(44-12-6-7-13-45(44)46)39-18-14-35-20-26-49(57-52(35)30-39)40-19-15-36-21-28-51(58-53(36)31-40)47-33-56-32-41-10-4-5-11-42(41)47;1-2-7-36-35(5-1)26-46-27-39(36)41-20-18-31-14-16-33(25-43(31)50-41)40-19-17-30-13-15-32(24-42(30)49-40)28-9-11-29(12-10-28)38-23-34-6-3-21-47-44(34)45-37(38)8-4-22-48-45/h1-33H;1-27H. The lowest BCUT2D eigenvalue weighted by molar-refractivity contribution is 1.33. The normalized spacial score (nSPS) is 11.6. The molecule has 0 spiro atoms. The highest BCUT2D eigenvalue weighted by Crippen LogP contribution is 2.41. The summed E-state index contributed by atoms with van der Waals surface area (Å²) in [6.45, 7) is 0. The van der Waals surface area contributed by atoms with Crippen molar-refractivity contribution in [3.05, 3.63) is 365 Å². The van der Waals surface area contributed by atoms with Gasteiger partial charge >= 0.3 is 0 Å². The summed E-state index contributed by atoms with van der Waals surface area (Å²) in [4.78, 5) is 49.3. The Morgan fingerprint density at radius 1 is 0.164 bits per heavy atom. The van der Waals surface area contributed by atoms with Crippen molar-refractivity contribution >= 4 is 120 Å². The summed E-state index contributed by atoms with van der Waals surface area (Å²) in [6, 6.07) is 115. The average Bonchev–Trinajstić information content (AvgIpc) is 0.772. The molecule has 12 aromatic carbocycles. The molecular formula is C100H60N10. The molecule has 0 bridgehead atoms. The SMILES string of the molecule is c1ccc(-c2ccc3ccc4ccc(-c5ccc(-c6ccc7ccc(-c8ccc9ccc(-c%10cncc%11ccccc%10%11)nc9c8)nc7c6)c6ccccc56)nc4c3n2)cc1.c1ccc2c(-c3ccc4ccc(-c5ccc6ccc(-c7ccc(-c8cc9cccnc9c9ncccc89)cc7)cc6n5)cc4n3)cncc2c1. The van der Waals surface area contributed by atoms with E-state index in [0.717, 1.165) is 220 Å². The van der Waals surface area contributed by atoms with Gasteiger partial charge in [0.1, 0.15) is 0 Å². The van der Waals surface area contributed by atoms with Crippen molar-refractivity contribution in [2.45, 2.75) is 0 Å². The highest BCUT2D eigenvalue weighted by Gasteiger charge is 2.18. The first-order chi connectivity index (χ1) is 54.4. The van der Waals surface area contributed by atoms with Crippen LogP contribution in [-0.4, -0.2) is 49.8 Å². The van der Waals surface area contributed by atoms with E-state index >= 15 is 0 Å². The first-order valence-electron chi connectivity index (χ1n) is 36.8. The van der Waals surface area contributed by atoms with E-state index in [0.29, 0.717) is 0 Å². The number of hydrogen-bond acceptors (Lipinski definition) is 10. The monoisotopic (exact) mass is 1400 g/mol. The molecule has 0 radical (unpaired) electrons. The van der Waals surface area contributed by atoms with E-state index in [1.165, 1.54) is 0 Å². The minimum absolute atomic E-state index is 0.900. The predicted molar refractivity (Wildman–Crippen MR) is 452 cm³/mol. The van der Waals surface area contributed by atoms with Crippen LogP contribution in [0.25, 0.3) is 220 Å². The zero-order valence-electron chi connectivity index (χ0n) is 59.1. The van der Waals surface area contributed by atoms with Gasteiger partial charge < -0.3 is 0 Å². The Bertz CT molecular complexity index is 7480. The number of fused-ring (bicyclic) bond motifs is 13. The van der Waals surface area contributed by atoms with Gasteiger partial charge in [-0.3, -0.25) is 19.9 Å². The van der Waals surface area contributed by atoms with E-state index in [2.05, 4.69) is 305 Å². The summed E-state index contributed by atoms with van der Waals surface area (Å²) in [5.41, 5.74) is 25.9. The average molecular weight is 1400 g/mol. The topological polar surface area (TPSA) is 129 Å². The molecule has 10 nitrogen and oxygen atoms in total. The Morgan fingerprint density at radius 2 is 0.545 bits per heavy atom. The van der Waals surface area contributed by atoms with Crippen molar-refractivity contribution < 1.29 is 0 Å². The van der Waals surface area contributed by atoms with Gasteiger partial charge in [0.2, 0.25) is 0 Å². The van der Waals surface area contributed by atoms with Crippen molar-refractivity contribution in [2.75, 3.05) is 0 Å². The maximum atomic E-state index is 5.31. The molecule has 0 saturated heterocycles. The Hall–Kier alpha value is -15.0. The molecule has 0 aliphatic carbocycles. The Labute approximate surface area is 631 Å². The molecule has 0 saturated carbocycles. The zero-order chi connectivity index (χ0) is 72.6. The molecule has 110 heavy (non-hydrogen) atoms. The van der Waals surface area contributed by atoms with Crippen molar-refractivity contribution in [3.8, 4) is 101 Å². The summed E-state index contributed by atoms with van der Waals surface area (Å²) >= 11 is 0. The minimum Gasteiger partial charge on any atom is -0.263 e. The van der Waals surface area contributed by atoms with E-state index in [-0.39, 0.29) is 0 Å². The first-order valence-corrected chi connectivity index (χ1v) is 36.8. The molecule has 22 aromatic rings. The third-order valence-electron chi connectivity index (χ3n) is 21.3. The maximum Gasteiger partial charge on any atom is 0.0972 e. The van der Waals surface area contributed by atoms with Crippen molar-refractivity contribution in [3.63, 3.8) is 0 Å². The fraction of sp³-hybridized carbons (Fsp3) is 0. The van der Waals surface area contributed by atoms with Gasteiger partial charge in [-0.2, -0.15) is 0 Å². The predicted octanol–water partition coefficient (Wildman–Crippen LogP) is 25.0. The number of pyridine rings is 10. The lowest BCUT2D eigenvalue weighted by atomic mass is 9.93. The zero-order valence-corrected chi connectivity index (χ0v) is 59.1. The fourth-order valence-corrected chi connectivity index (χ4v) is 15.7. The second kappa shape index (κ2) is 26.5. The molecule has 0 aliphatic heterocycles. The second-order valence-electron chi connectivity index (χ2n) is 27.9. The quantitative estimate of drug-likeness (QED) is 0.129. The van der Waals surface area contributed by atoms with Crippen LogP contribution in [0.4, 0.5) is 0 Å². The molecule has 0 unspecified atom stereocenters. The second-order valence-corrected chi connectivity index (χ2v) is 27.9. The number of benzene rings is 12. The van der Waals surface area contributed by atoms with E-state index in [1.54, 1.807) is 0 Å². The molecule has 10 aromatic heterocycles. The molecule has 0 aliphatic rings. The summed E-state index contributed by atoms with van der Waals surface area (Å²) in [5.74, 6) is 0. The molecule has 10 heterocycles. The van der Waals surface area contributed by atoms with Crippen molar-refractivity contribution in [1.29, 1.82) is 0 Å². The van der Waals surface area contributed by atoms with Crippen molar-refractivity contribution in [2.24, 2.45) is 0 Å². The molecular weight excluding hydrogens is 1340 g/mol. The summed E-state index contributed by atoms with van der Waals surface area (Å²) in [6.07, 6.45) is 11.3. The lowest BCUT2D eigenvalue weighted by Gasteiger charge is -2.13. The molecule has 0 atom stereocenters. The largest absolute Gasteiger partial charge is 0.263 e. The summed E-state index contributed by atoms with van der Waals surface area (Å²) in [5, 5.41) is 15.5. The van der Waals surface area contributed by atoms with Gasteiger partial charge in [0.15, 0.2) is 0 Å². The van der Waals surface area contributed by atoms with Crippen LogP contribution < -0.4 is 0 Å². The number of nitrogens with zero attached hydrogens (tertiary/aromatic N) is 10. The van der Waals surface area contributed by atoms with Crippen LogP contribution in [0, 0.1) is 0 Å². The van der Waals surface area contributed by atoms with Crippen LogP contribution in [0.3, 0.4) is 0 Å². The van der Waals surface area contributed by atoms with Crippen LogP contribution >= 0.6 is 0 Å². The van der Waals surface area contributed by atoms with Crippen LogP contribution in [0.2, 0.25) is 0 Å². The van der Waals surface area contributed by atoms with Gasteiger partial charge in [0, 0.05) is 124 Å². The summed E-state index contributed by atoms with van der Waals surface area (Å²) < 4.78 is 0. The number of aromatic nitrogens is 10. The molecule has 510 valence electrons. The third-order valence-corrected chi connectivity index (χ3v) is 21.3. The Balaban J connectivity index is 0.000000142. The summed E-state index contributed by atoms with van der Waals surface area (Å²) in [7, 11) is 0. The van der Waals surface area contributed by atoms with Gasteiger partial charge in [0.05, 0.1) is 78.3 Å². The fourth-order valence-electron chi connectivity index (χ4n) is 15.7. The van der Waals surface area contributed by atoms with Crippen LogP contribution in [0.5, 0.6) is 0 Å². The van der Waals surface area contributed by atoms with E-state index in [9.17, 15) is 0 Å². The Morgan fingerprint density at radius 3 is 1.14 bits per heavy atom. The van der Waals surface area contributed by atoms with E-state index < -0.39 is 0 Å². The van der Waals surface area contributed by atoms with Gasteiger partial charge in [-0.05, 0) is 134 Å². The number of hydrogen-bond donors (Lipinski definition) is 0. The van der Waals surface area contributed by atoms with Gasteiger partial charge in [-0.1, -0.05) is 249 Å². The van der Waals surface area contributed by atoms with Gasteiger partial charge in [-0.25, -0.2) is 29.9 Å². The van der Waals surface area contributed by atoms with Crippen LogP contribution in [0.15, 0.2) is 365 Å². The minimum atomic E-state index is 0.900. The van der Waals surface area contributed by atoms with Crippen LogP contribution in [-0.2, 0) is 0 Å². The van der Waals surface area contributed by atoms with E-state index in [1.807, 2.05) is 79.6 Å². The number of rotatable bonds is 9. The Kier molecular flexibility index (Phi) is 15.3. The van der Waals surface area contributed by atoms with Crippen LogP contribution in [0.1, 0.15) is 0 Å². The third kappa shape index (κ3) is 11.5. The smallest absolute Gasteiger partial charge is 0.0972 e. The molecule has 10 heteroatoms. The van der Waals surface area contributed by atoms with Gasteiger partial charge in [-0.15, -0.1) is 0 Å². The highest BCUT2D eigenvalue weighted by atomic mass is 14.8. The van der Waals surface area contributed by atoms with Crippen molar-refractivity contribution in [1.82, 2.24) is 49.8 Å². The molecule has 0 N–H and O–H groups in total. The molecule has 0 amide bonds. The lowest BCUT2D eigenvalue weighted by Crippen LogP contribution is -1.92. The molecule has 22 rings (SSSR count). The molecule has 0 fully saturated rings. The first kappa shape index (κ1) is 63.5. The van der Waals surface area contributed by atoms with E-state index in [4.69, 9.17) is 29.9 Å². The highest BCUT2D eigenvalue weighted by molar-refractivity contribution is 6.11. The van der Waals surface area contributed by atoms with Gasteiger partial charge in [0.25, 0.3) is 0 Å².